The summed E-state index contributed by atoms with van der Waals surface area (Å²) in [7, 11) is 1.45. The van der Waals surface area contributed by atoms with Crippen LogP contribution in [-0.4, -0.2) is 40.8 Å². The number of carbonyl (C=O) groups is 1. The van der Waals surface area contributed by atoms with Crippen LogP contribution in [0.5, 0.6) is 0 Å². The zero-order valence-corrected chi connectivity index (χ0v) is 14.8. The van der Waals surface area contributed by atoms with Crippen LogP contribution in [0.3, 0.4) is 0 Å². The Kier molecular flexibility index (Phi) is 5.21. The molecule has 1 saturated heterocycles. The molecule has 0 aliphatic carbocycles. The Hall–Kier alpha value is -1.85. The fraction of sp³-hybridized carbons (Fsp3) is 0.444. The van der Waals surface area contributed by atoms with E-state index in [1.807, 2.05) is 37.3 Å². The molecule has 2 heterocycles. The molecule has 0 spiro atoms. The molecule has 1 aromatic heterocycles. The van der Waals surface area contributed by atoms with E-state index in [0.717, 1.165) is 49.4 Å². The molecule has 6 heteroatoms. The monoisotopic (exact) mass is 347 g/mol. The predicted molar refractivity (Wildman–Crippen MR) is 93.3 cm³/mol. The number of carbonyl (C=O) groups excluding carboxylic acids is 1. The second kappa shape index (κ2) is 7.36. The largest absolute Gasteiger partial charge is 0.469 e. The molecular formula is C18H22ClN3O2. The minimum Gasteiger partial charge on any atom is -0.469 e. The van der Waals surface area contributed by atoms with E-state index >= 15 is 0 Å². The molecule has 0 amide bonds. The third-order valence-corrected chi connectivity index (χ3v) is 5.01. The number of aromatic nitrogens is 2. The summed E-state index contributed by atoms with van der Waals surface area (Å²) in [5.41, 5.74) is 2.96. The molecule has 128 valence electrons. The zero-order valence-electron chi connectivity index (χ0n) is 14.0. The third-order valence-electron chi connectivity index (χ3n) is 4.63. The number of nitrogens with zero attached hydrogens (tertiary/aromatic N) is 3. The highest BCUT2D eigenvalue weighted by Crippen LogP contribution is 2.27. The van der Waals surface area contributed by atoms with Crippen LogP contribution < -0.4 is 0 Å². The Morgan fingerprint density at radius 3 is 2.58 bits per heavy atom. The summed E-state index contributed by atoms with van der Waals surface area (Å²) >= 11 is 6.58. The van der Waals surface area contributed by atoms with Gasteiger partial charge in [0.25, 0.3) is 0 Å². The maximum absolute atomic E-state index is 11.6. The maximum Gasteiger partial charge on any atom is 0.308 e. The van der Waals surface area contributed by atoms with Gasteiger partial charge in [0.1, 0.15) is 5.15 Å². The minimum atomic E-state index is -0.0965. The standard InChI is InChI=1S/C18H22ClN3O2/c1-13-16(12-21-10-8-14(9-11-21)18(23)24-2)17(19)22(20-13)15-6-4-3-5-7-15/h3-7,14H,8-12H2,1-2H3. The first-order chi connectivity index (χ1) is 11.6. The van der Waals surface area contributed by atoms with Crippen molar-refractivity contribution in [3.8, 4) is 5.69 Å². The molecule has 5 nitrogen and oxygen atoms in total. The van der Waals surface area contributed by atoms with Crippen molar-refractivity contribution in [1.82, 2.24) is 14.7 Å². The summed E-state index contributed by atoms with van der Waals surface area (Å²) in [5.74, 6) is -0.0735. The lowest BCUT2D eigenvalue weighted by Gasteiger charge is -2.30. The highest BCUT2D eigenvalue weighted by molar-refractivity contribution is 6.30. The summed E-state index contributed by atoms with van der Waals surface area (Å²) in [5, 5.41) is 5.25. The molecule has 0 N–H and O–H groups in total. The third kappa shape index (κ3) is 3.47. The number of hydrogen-bond donors (Lipinski definition) is 0. The molecule has 0 radical (unpaired) electrons. The minimum absolute atomic E-state index is 0.0230. The molecule has 2 aromatic rings. The second-order valence-electron chi connectivity index (χ2n) is 6.18. The van der Waals surface area contributed by atoms with Gasteiger partial charge in [0, 0.05) is 12.1 Å². The molecule has 0 unspecified atom stereocenters. The van der Waals surface area contributed by atoms with Crippen LogP contribution in [-0.2, 0) is 16.1 Å². The number of esters is 1. The van der Waals surface area contributed by atoms with E-state index < -0.39 is 0 Å². The second-order valence-corrected chi connectivity index (χ2v) is 6.53. The average molecular weight is 348 g/mol. The molecule has 1 aliphatic heterocycles. The van der Waals surface area contributed by atoms with E-state index in [1.165, 1.54) is 7.11 Å². The molecule has 24 heavy (non-hydrogen) atoms. The van der Waals surface area contributed by atoms with Crippen LogP contribution >= 0.6 is 11.6 Å². The first-order valence-electron chi connectivity index (χ1n) is 8.19. The van der Waals surface area contributed by atoms with E-state index in [2.05, 4.69) is 10.00 Å². The van der Waals surface area contributed by atoms with Crippen molar-refractivity contribution < 1.29 is 9.53 Å². The van der Waals surface area contributed by atoms with E-state index in [4.69, 9.17) is 16.3 Å². The van der Waals surface area contributed by atoms with E-state index in [1.54, 1.807) is 4.68 Å². The van der Waals surface area contributed by atoms with Gasteiger partial charge < -0.3 is 4.74 Å². The highest BCUT2D eigenvalue weighted by atomic mass is 35.5. The van der Waals surface area contributed by atoms with Gasteiger partial charge in [-0.3, -0.25) is 9.69 Å². The van der Waals surface area contributed by atoms with Crippen molar-refractivity contribution in [3.63, 3.8) is 0 Å². The molecule has 1 aliphatic rings. The zero-order chi connectivity index (χ0) is 17.1. The van der Waals surface area contributed by atoms with Crippen LogP contribution in [0.4, 0.5) is 0 Å². The van der Waals surface area contributed by atoms with Gasteiger partial charge in [0.2, 0.25) is 0 Å². The fourth-order valence-electron chi connectivity index (χ4n) is 3.17. The van der Waals surface area contributed by atoms with Gasteiger partial charge in [-0.05, 0) is 45.0 Å². The molecule has 1 aromatic carbocycles. The van der Waals surface area contributed by atoms with Crippen LogP contribution in [0, 0.1) is 12.8 Å². The van der Waals surface area contributed by atoms with Crippen molar-refractivity contribution in [2.24, 2.45) is 5.92 Å². The summed E-state index contributed by atoms with van der Waals surface area (Å²) in [6, 6.07) is 9.90. The van der Waals surface area contributed by atoms with Crippen molar-refractivity contribution in [2.45, 2.75) is 26.3 Å². The smallest absolute Gasteiger partial charge is 0.308 e. The van der Waals surface area contributed by atoms with Gasteiger partial charge in [0.15, 0.2) is 0 Å². The van der Waals surface area contributed by atoms with E-state index in [-0.39, 0.29) is 11.9 Å². The number of para-hydroxylation sites is 1. The number of methoxy groups -OCH3 is 1. The predicted octanol–water partition coefficient (Wildman–Crippen LogP) is 3.22. The van der Waals surface area contributed by atoms with Crippen LogP contribution in [0.25, 0.3) is 5.69 Å². The summed E-state index contributed by atoms with van der Waals surface area (Å²) < 4.78 is 6.63. The van der Waals surface area contributed by atoms with Gasteiger partial charge in [-0.15, -0.1) is 0 Å². The molecule has 3 rings (SSSR count). The quantitative estimate of drug-likeness (QED) is 0.797. The van der Waals surface area contributed by atoms with Gasteiger partial charge in [0.05, 0.1) is 24.4 Å². The number of aryl methyl sites for hydroxylation is 1. The number of rotatable bonds is 4. The molecule has 1 fully saturated rings. The normalized spacial score (nSPS) is 16.3. The summed E-state index contributed by atoms with van der Waals surface area (Å²) in [6.45, 7) is 4.48. The van der Waals surface area contributed by atoms with Gasteiger partial charge in [-0.1, -0.05) is 29.8 Å². The topological polar surface area (TPSA) is 47.4 Å². The lowest BCUT2D eigenvalue weighted by atomic mass is 9.97. The van der Waals surface area contributed by atoms with Gasteiger partial charge in [-0.2, -0.15) is 5.10 Å². The number of ether oxygens (including phenoxy) is 1. The van der Waals surface area contributed by atoms with E-state index in [9.17, 15) is 4.79 Å². The lowest BCUT2D eigenvalue weighted by molar-refractivity contribution is -0.147. The Morgan fingerprint density at radius 1 is 1.29 bits per heavy atom. The van der Waals surface area contributed by atoms with Crippen molar-refractivity contribution in [2.75, 3.05) is 20.2 Å². The number of piperidine rings is 1. The number of likely N-dealkylation sites (tertiary alicyclic amines) is 1. The SMILES string of the molecule is COC(=O)C1CCN(Cc2c(C)nn(-c3ccccc3)c2Cl)CC1. The molecule has 0 bridgehead atoms. The van der Waals surface area contributed by atoms with Crippen LogP contribution in [0.1, 0.15) is 24.1 Å². The van der Waals surface area contributed by atoms with Crippen molar-refractivity contribution in [1.29, 1.82) is 0 Å². The number of halogens is 1. The molecular weight excluding hydrogens is 326 g/mol. The van der Waals surface area contributed by atoms with E-state index in [0.29, 0.717) is 5.15 Å². The first kappa shape index (κ1) is 17.0. The Labute approximate surface area is 147 Å². The molecule has 0 atom stereocenters. The summed E-state index contributed by atoms with van der Waals surface area (Å²) in [6.07, 6.45) is 1.66. The average Bonchev–Trinajstić information content (AvgIpc) is 2.90. The molecule has 0 saturated carbocycles. The highest BCUT2D eigenvalue weighted by Gasteiger charge is 2.27. The Morgan fingerprint density at radius 2 is 1.96 bits per heavy atom. The van der Waals surface area contributed by atoms with Crippen molar-refractivity contribution in [3.05, 3.63) is 46.7 Å². The Bertz CT molecular complexity index is 707. The van der Waals surface area contributed by atoms with Crippen LogP contribution in [0.2, 0.25) is 5.15 Å². The first-order valence-corrected chi connectivity index (χ1v) is 8.57. The fourth-order valence-corrected chi connectivity index (χ4v) is 3.50. The Balaban J connectivity index is 1.71. The maximum atomic E-state index is 11.6. The van der Waals surface area contributed by atoms with Crippen LogP contribution in [0.15, 0.2) is 30.3 Å². The summed E-state index contributed by atoms with van der Waals surface area (Å²) in [4.78, 5) is 13.9. The van der Waals surface area contributed by atoms with Gasteiger partial charge in [-0.25, -0.2) is 4.68 Å². The number of hydrogen-bond acceptors (Lipinski definition) is 4. The van der Waals surface area contributed by atoms with Crippen molar-refractivity contribution >= 4 is 17.6 Å². The number of benzene rings is 1. The lowest BCUT2D eigenvalue weighted by Crippen LogP contribution is -2.36. The van der Waals surface area contributed by atoms with Gasteiger partial charge >= 0.3 is 5.97 Å².